The summed E-state index contributed by atoms with van der Waals surface area (Å²) in [5, 5.41) is 3.44. The summed E-state index contributed by atoms with van der Waals surface area (Å²) in [6.07, 6.45) is 7.67. The molecule has 1 N–H and O–H groups in total. The van der Waals surface area contributed by atoms with Crippen molar-refractivity contribution in [3.05, 3.63) is 35.9 Å². The largest absolute Gasteiger partial charge is 0.316 e. The molecule has 1 saturated heterocycles. The van der Waals surface area contributed by atoms with E-state index in [1.165, 1.54) is 24.5 Å². The van der Waals surface area contributed by atoms with Gasteiger partial charge >= 0.3 is 0 Å². The summed E-state index contributed by atoms with van der Waals surface area (Å²) in [5.74, 6) is 1.09. The number of halogens is 1. The number of rotatable bonds is 1. The third-order valence-electron chi connectivity index (χ3n) is 3.98. The molecule has 0 aromatic carbocycles. The van der Waals surface area contributed by atoms with Crippen molar-refractivity contribution in [2.75, 3.05) is 13.1 Å². The highest BCUT2D eigenvalue weighted by Gasteiger charge is 2.27. The van der Waals surface area contributed by atoms with Crippen molar-refractivity contribution in [1.29, 1.82) is 0 Å². The molecule has 90 valence electrons. The molecule has 3 rings (SSSR count). The number of fused-ring (bicyclic) bond motifs is 1. The van der Waals surface area contributed by atoms with E-state index in [0.29, 0.717) is 5.92 Å². The molecule has 2 nitrogen and oxygen atoms in total. The zero-order valence-electron chi connectivity index (χ0n) is 9.82. The molecule has 0 saturated carbocycles. The van der Waals surface area contributed by atoms with Crippen LogP contribution in [0.5, 0.6) is 0 Å². The molecule has 2 unspecified atom stereocenters. The van der Waals surface area contributed by atoms with Crippen LogP contribution in [0.25, 0.3) is 5.57 Å². The maximum atomic E-state index is 12.8. The molecule has 2 aliphatic rings. The van der Waals surface area contributed by atoms with Gasteiger partial charge in [0.15, 0.2) is 0 Å². The number of hydrogen-bond acceptors (Lipinski definition) is 2. The Morgan fingerprint density at radius 2 is 2.24 bits per heavy atom. The first-order chi connectivity index (χ1) is 8.33. The van der Waals surface area contributed by atoms with Gasteiger partial charge in [0.2, 0.25) is 5.95 Å². The smallest absolute Gasteiger partial charge is 0.212 e. The van der Waals surface area contributed by atoms with Crippen molar-refractivity contribution in [1.82, 2.24) is 10.3 Å². The Balaban J connectivity index is 1.84. The van der Waals surface area contributed by atoms with Gasteiger partial charge in [0.25, 0.3) is 0 Å². The van der Waals surface area contributed by atoms with Crippen LogP contribution in [0.3, 0.4) is 0 Å². The lowest BCUT2D eigenvalue weighted by Crippen LogP contribution is -2.37. The molecule has 1 aromatic heterocycles. The van der Waals surface area contributed by atoms with Crippen LogP contribution in [0.4, 0.5) is 4.39 Å². The van der Waals surface area contributed by atoms with E-state index >= 15 is 0 Å². The standard InChI is InChI=1S/C14H17FN2/c15-14-4-3-12(9-17-14)11-2-1-10-5-6-16-8-13(10)7-11/h3-4,7,9-10,13,16H,1-2,5-6,8H2. The summed E-state index contributed by atoms with van der Waals surface area (Å²) in [6.45, 7) is 2.24. The minimum Gasteiger partial charge on any atom is -0.316 e. The van der Waals surface area contributed by atoms with Gasteiger partial charge in [-0.2, -0.15) is 4.39 Å². The molecular weight excluding hydrogens is 215 g/mol. The molecule has 1 aromatic rings. The summed E-state index contributed by atoms with van der Waals surface area (Å²) in [6, 6.07) is 3.28. The average Bonchev–Trinajstić information content (AvgIpc) is 2.39. The number of nitrogens with zero attached hydrogens (tertiary/aromatic N) is 1. The summed E-state index contributed by atoms with van der Waals surface area (Å²) in [7, 11) is 0. The van der Waals surface area contributed by atoms with Gasteiger partial charge in [-0.05, 0) is 60.9 Å². The number of hydrogen-bond donors (Lipinski definition) is 1. The maximum absolute atomic E-state index is 12.8. The number of aromatic nitrogens is 1. The van der Waals surface area contributed by atoms with E-state index in [1.54, 1.807) is 6.20 Å². The van der Waals surface area contributed by atoms with Crippen molar-refractivity contribution < 1.29 is 4.39 Å². The van der Waals surface area contributed by atoms with E-state index in [-0.39, 0.29) is 0 Å². The van der Waals surface area contributed by atoms with Crippen molar-refractivity contribution in [3.63, 3.8) is 0 Å². The second-order valence-corrected chi connectivity index (χ2v) is 5.02. The van der Waals surface area contributed by atoms with Crippen LogP contribution in [0.2, 0.25) is 0 Å². The minimum atomic E-state index is -0.401. The topological polar surface area (TPSA) is 24.9 Å². The molecule has 1 aliphatic heterocycles. The molecule has 0 amide bonds. The molecule has 17 heavy (non-hydrogen) atoms. The van der Waals surface area contributed by atoms with Gasteiger partial charge in [-0.25, -0.2) is 4.98 Å². The fraction of sp³-hybridized carbons (Fsp3) is 0.500. The third kappa shape index (κ3) is 2.25. The quantitative estimate of drug-likeness (QED) is 0.753. The first kappa shape index (κ1) is 10.9. The highest BCUT2D eigenvalue weighted by molar-refractivity contribution is 5.65. The Bertz CT molecular complexity index is 424. The monoisotopic (exact) mass is 232 g/mol. The number of piperidine rings is 1. The van der Waals surface area contributed by atoms with E-state index < -0.39 is 5.95 Å². The molecule has 0 radical (unpaired) electrons. The highest BCUT2D eigenvalue weighted by atomic mass is 19.1. The minimum absolute atomic E-state index is 0.401. The van der Waals surface area contributed by atoms with Gasteiger partial charge in [0, 0.05) is 12.7 Å². The van der Waals surface area contributed by atoms with Crippen LogP contribution in [0.15, 0.2) is 24.4 Å². The number of nitrogens with one attached hydrogen (secondary N) is 1. The average molecular weight is 232 g/mol. The summed E-state index contributed by atoms with van der Waals surface area (Å²) >= 11 is 0. The molecule has 0 spiro atoms. The van der Waals surface area contributed by atoms with Gasteiger partial charge in [-0.15, -0.1) is 0 Å². The zero-order chi connectivity index (χ0) is 11.7. The van der Waals surface area contributed by atoms with Crippen LogP contribution < -0.4 is 5.32 Å². The normalized spacial score (nSPS) is 28.4. The predicted molar refractivity (Wildman–Crippen MR) is 65.9 cm³/mol. The van der Waals surface area contributed by atoms with E-state index in [9.17, 15) is 4.39 Å². The van der Waals surface area contributed by atoms with Crippen molar-refractivity contribution >= 4 is 5.57 Å². The predicted octanol–water partition coefficient (Wildman–Crippen LogP) is 2.62. The molecule has 0 bridgehead atoms. The lowest BCUT2D eigenvalue weighted by Gasteiger charge is -2.34. The fourth-order valence-electron chi connectivity index (χ4n) is 2.98. The molecule has 1 aliphatic carbocycles. The molecular formula is C14H17FN2. The van der Waals surface area contributed by atoms with Gasteiger partial charge in [-0.3, -0.25) is 0 Å². The first-order valence-corrected chi connectivity index (χ1v) is 6.36. The summed E-state index contributed by atoms with van der Waals surface area (Å²) in [5.41, 5.74) is 2.41. The Hall–Kier alpha value is -1.22. The highest BCUT2D eigenvalue weighted by Crippen LogP contribution is 2.36. The Morgan fingerprint density at radius 1 is 1.29 bits per heavy atom. The Morgan fingerprint density at radius 3 is 3.06 bits per heavy atom. The molecule has 1 fully saturated rings. The molecule has 2 heterocycles. The first-order valence-electron chi connectivity index (χ1n) is 6.36. The van der Waals surface area contributed by atoms with Crippen LogP contribution in [-0.4, -0.2) is 18.1 Å². The molecule has 2 atom stereocenters. The van der Waals surface area contributed by atoms with E-state index in [0.717, 1.165) is 31.0 Å². The second-order valence-electron chi connectivity index (χ2n) is 5.02. The van der Waals surface area contributed by atoms with Gasteiger partial charge in [0.1, 0.15) is 0 Å². The van der Waals surface area contributed by atoms with Crippen LogP contribution >= 0.6 is 0 Å². The lowest BCUT2D eigenvalue weighted by molar-refractivity contribution is 0.279. The summed E-state index contributed by atoms with van der Waals surface area (Å²) in [4.78, 5) is 3.74. The van der Waals surface area contributed by atoms with E-state index in [2.05, 4.69) is 16.4 Å². The number of allylic oxidation sites excluding steroid dienone is 1. The summed E-state index contributed by atoms with van der Waals surface area (Å²) < 4.78 is 12.8. The SMILES string of the molecule is Fc1ccc(C2=CC3CNCCC3CC2)cn1. The Labute approximate surface area is 101 Å². The van der Waals surface area contributed by atoms with Gasteiger partial charge in [-0.1, -0.05) is 6.08 Å². The maximum Gasteiger partial charge on any atom is 0.212 e. The third-order valence-corrected chi connectivity index (χ3v) is 3.98. The van der Waals surface area contributed by atoms with E-state index in [1.807, 2.05) is 6.07 Å². The Kier molecular flexibility index (Phi) is 2.93. The van der Waals surface area contributed by atoms with E-state index in [4.69, 9.17) is 0 Å². The van der Waals surface area contributed by atoms with Crippen LogP contribution in [-0.2, 0) is 0 Å². The van der Waals surface area contributed by atoms with Crippen LogP contribution in [0.1, 0.15) is 24.8 Å². The van der Waals surface area contributed by atoms with Gasteiger partial charge < -0.3 is 5.32 Å². The van der Waals surface area contributed by atoms with Gasteiger partial charge in [0.05, 0.1) is 0 Å². The second kappa shape index (κ2) is 4.57. The van der Waals surface area contributed by atoms with Crippen molar-refractivity contribution in [3.8, 4) is 0 Å². The number of pyridine rings is 1. The van der Waals surface area contributed by atoms with Crippen LogP contribution in [0, 0.1) is 17.8 Å². The zero-order valence-corrected chi connectivity index (χ0v) is 9.82. The van der Waals surface area contributed by atoms with Crippen molar-refractivity contribution in [2.45, 2.75) is 19.3 Å². The molecule has 3 heteroatoms. The fourth-order valence-corrected chi connectivity index (χ4v) is 2.98. The lowest BCUT2D eigenvalue weighted by atomic mass is 9.76. The van der Waals surface area contributed by atoms with Crippen molar-refractivity contribution in [2.24, 2.45) is 11.8 Å².